The summed E-state index contributed by atoms with van der Waals surface area (Å²) < 4.78 is 0. The lowest BCUT2D eigenvalue weighted by molar-refractivity contribution is -0.143. The number of aliphatic carboxylic acids is 1. The molecule has 2 aromatic carbocycles. The van der Waals surface area contributed by atoms with Crippen LogP contribution in [0, 0.1) is 0 Å². The lowest BCUT2D eigenvalue weighted by atomic mass is 9.76. The predicted molar refractivity (Wildman–Crippen MR) is 134 cm³/mol. The summed E-state index contributed by atoms with van der Waals surface area (Å²) >= 11 is 0. The second-order valence-corrected chi connectivity index (χ2v) is 9.51. The highest BCUT2D eigenvalue weighted by Gasteiger charge is 2.35. The summed E-state index contributed by atoms with van der Waals surface area (Å²) in [6.07, 6.45) is 19.2. The Kier molecular flexibility index (Phi) is 11.7. The van der Waals surface area contributed by atoms with E-state index in [2.05, 4.69) is 25.1 Å². The third-order valence-electron chi connectivity index (χ3n) is 6.89. The minimum Gasteiger partial charge on any atom is -0.481 e. The predicted octanol–water partition coefficient (Wildman–Crippen LogP) is 9.05. The molecule has 1 N–H and O–H groups in total. The molecule has 0 aliphatic carbocycles. The van der Waals surface area contributed by atoms with Gasteiger partial charge in [0.2, 0.25) is 0 Å². The van der Waals surface area contributed by atoms with E-state index in [-0.39, 0.29) is 0 Å². The maximum atomic E-state index is 12.2. The average molecular weight is 425 g/mol. The Morgan fingerprint density at radius 1 is 0.710 bits per heavy atom. The molecular weight excluding hydrogens is 380 g/mol. The molecule has 172 valence electrons. The summed E-state index contributed by atoms with van der Waals surface area (Å²) in [6.45, 7) is 4.18. The van der Waals surface area contributed by atoms with Crippen molar-refractivity contribution in [2.75, 3.05) is 0 Å². The smallest absolute Gasteiger partial charge is 0.313 e. The maximum Gasteiger partial charge on any atom is 0.313 e. The Hall–Kier alpha value is -1.83. The van der Waals surface area contributed by atoms with Crippen LogP contribution in [-0.4, -0.2) is 11.1 Å². The van der Waals surface area contributed by atoms with Crippen LogP contribution in [0.4, 0.5) is 0 Å². The Morgan fingerprint density at radius 2 is 1.19 bits per heavy atom. The molecule has 0 amide bonds. The Bertz CT molecular complexity index is 761. The summed E-state index contributed by atoms with van der Waals surface area (Å²) in [5, 5.41) is 12.2. The van der Waals surface area contributed by atoms with Gasteiger partial charge in [0.25, 0.3) is 0 Å². The molecule has 0 radical (unpaired) electrons. The first kappa shape index (κ1) is 25.4. The monoisotopic (exact) mass is 424 g/mol. The SMILES string of the molecule is CCCCCCCCCCCCCCCCC(C)(C(=O)O)c1cccc2ccccc12. The molecule has 2 rings (SSSR count). The quantitative estimate of drug-likeness (QED) is 0.257. The topological polar surface area (TPSA) is 37.3 Å². The average Bonchev–Trinajstić information content (AvgIpc) is 2.78. The number of unbranched alkanes of at least 4 members (excludes halogenated alkanes) is 13. The standard InChI is InChI=1S/C29H44O2/c1-3-4-5-6-7-8-9-10-11-12-13-14-15-18-24-29(2,28(30)31)27-23-19-21-25-20-16-17-22-26(25)27/h16-17,19-23H,3-15,18,24H2,1-2H3,(H,30,31). The fourth-order valence-electron chi connectivity index (χ4n) is 4.74. The van der Waals surface area contributed by atoms with Gasteiger partial charge in [-0.05, 0) is 29.7 Å². The summed E-state index contributed by atoms with van der Waals surface area (Å²) in [4.78, 5) is 12.2. The van der Waals surface area contributed by atoms with E-state index in [4.69, 9.17) is 0 Å². The van der Waals surface area contributed by atoms with E-state index in [9.17, 15) is 9.90 Å². The van der Waals surface area contributed by atoms with Gasteiger partial charge < -0.3 is 5.11 Å². The van der Waals surface area contributed by atoms with Crippen LogP contribution in [0.15, 0.2) is 42.5 Å². The lowest BCUT2D eigenvalue weighted by Gasteiger charge is -2.27. The third-order valence-corrected chi connectivity index (χ3v) is 6.89. The van der Waals surface area contributed by atoms with Crippen molar-refractivity contribution in [2.24, 2.45) is 0 Å². The van der Waals surface area contributed by atoms with E-state index < -0.39 is 11.4 Å². The molecule has 31 heavy (non-hydrogen) atoms. The molecule has 2 heteroatoms. The van der Waals surface area contributed by atoms with Gasteiger partial charge in [0, 0.05) is 0 Å². The number of carboxylic acids is 1. The summed E-state index contributed by atoms with van der Waals surface area (Å²) in [5.74, 6) is -0.710. The number of rotatable bonds is 17. The van der Waals surface area contributed by atoms with Gasteiger partial charge in [0.05, 0.1) is 5.41 Å². The molecule has 0 bridgehead atoms. The summed E-state index contributed by atoms with van der Waals surface area (Å²) in [6, 6.07) is 14.2. The van der Waals surface area contributed by atoms with Crippen molar-refractivity contribution in [3.63, 3.8) is 0 Å². The van der Waals surface area contributed by atoms with Crippen LogP contribution in [0.1, 0.15) is 116 Å². The van der Waals surface area contributed by atoms with Crippen molar-refractivity contribution in [1.82, 2.24) is 0 Å². The Balaban J connectivity index is 1.64. The van der Waals surface area contributed by atoms with Crippen molar-refractivity contribution in [3.05, 3.63) is 48.0 Å². The summed E-state index contributed by atoms with van der Waals surface area (Å²) in [7, 11) is 0. The molecule has 0 aliphatic rings. The van der Waals surface area contributed by atoms with E-state index in [0.717, 1.165) is 29.2 Å². The zero-order valence-corrected chi connectivity index (χ0v) is 20.0. The first-order valence-electron chi connectivity index (χ1n) is 12.8. The Labute approximate surface area is 190 Å². The highest BCUT2D eigenvalue weighted by molar-refractivity contribution is 5.92. The van der Waals surface area contributed by atoms with Gasteiger partial charge in [-0.1, -0.05) is 139 Å². The molecular formula is C29H44O2. The molecule has 2 aromatic rings. The number of fused-ring (bicyclic) bond motifs is 1. The fourth-order valence-corrected chi connectivity index (χ4v) is 4.74. The van der Waals surface area contributed by atoms with Gasteiger partial charge in [-0.25, -0.2) is 0 Å². The van der Waals surface area contributed by atoms with Crippen LogP contribution >= 0.6 is 0 Å². The maximum absolute atomic E-state index is 12.2. The van der Waals surface area contributed by atoms with Gasteiger partial charge in [-0.2, -0.15) is 0 Å². The second-order valence-electron chi connectivity index (χ2n) is 9.51. The minimum atomic E-state index is -0.821. The van der Waals surface area contributed by atoms with Crippen LogP contribution in [0.3, 0.4) is 0 Å². The van der Waals surface area contributed by atoms with Crippen molar-refractivity contribution in [3.8, 4) is 0 Å². The molecule has 0 aromatic heterocycles. The lowest BCUT2D eigenvalue weighted by Crippen LogP contribution is -2.32. The largest absolute Gasteiger partial charge is 0.481 e. The first-order chi connectivity index (χ1) is 15.1. The van der Waals surface area contributed by atoms with E-state index in [1.165, 1.54) is 77.0 Å². The van der Waals surface area contributed by atoms with Crippen LogP contribution < -0.4 is 0 Å². The van der Waals surface area contributed by atoms with Gasteiger partial charge >= 0.3 is 5.97 Å². The Morgan fingerprint density at radius 3 is 1.74 bits per heavy atom. The highest BCUT2D eigenvalue weighted by atomic mass is 16.4. The molecule has 0 aliphatic heterocycles. The van der Waals surface area contributed by atoms with Crippen molar-refractivity contribution < 1.29 is 9.90 Å². The van der Waals surface area contributed by atoms with Gasteiger partial charge in [0.1, 0.15) is 0 Å². The number of benzene rings is 2. The number of carbonyl (C=O) groups is 1. The van der Waals surface area contributed by atoms with Crippen LogP contribution in [0.25, 0.3) is 10.8 Å². The number of hydrogen-bond acceptors (Lipinski definition) is 1. The van der Waals surface area contributed by atoms with Gasteiger partial charge in [0.15, 0.2) is 0 Å². The van der Waals surface area contributed by atoms with E-state index in [0.29, 0.717) is 6.42 Å². The van der Waals surface area contributed by atoms with Crippen molar-refractivity contribution >= 4 is 16.7 Å². The molecule has 1 unspecified atom stereocenters. The van der Waals surface area contributed by atoms with Crippen molar-refractivity contribution in [1.29, 1.82) is 0 Å². The van der Waals surface area contributed by atoms with Gasteiger partial charge in [-0.3, -0.25) is 4.79 Å². The number of carboxylic acid groups (broad SMARTS) is 1. The van der Waals surface area contributed by atoms with E-state index in [1.54, 1.807) is 0 Å². The molecule has 0 fully saturated rings. The zero-order valence-electron chi connectivity index (χ0n) is 20.0. The summed E-state index contributed by atoms with van der Waals surface area (Å²) in [5.41, 5.74) is 0.130. The van der Waals surface area contributed by atoms with Gasteiger partial charge in [-0.15, -0.1) is 0 Å². The molecule has 0 saturated heterocycles. The second kappa shape index (κ2) is 14.3. The van der Waals surface area contributed by atoms with Crippen LogP contribution in [-0.2, 0) is 10.2 Å². The van der Waals surface area contributed by atoms with Crippen LogP contribution in [0.2, 0.25) is 0 Å². The molecule has 0 saturated carbocycles. The minimum absolute atomic E-state index is 0.703. The van der Waals surface area contributed by atoms with E-state index in [1.807, 2.05) is 31.2 Å². The molecule has 2 nitrogen and oxygen atoms in total. The zero-order chi connectivity index (χ0) is 22.4. The molecule has 1 atom stereocenters. The first-order valence-corrected chi connectivity index (χ1v) is 12.8. The van der Waals surface area contributed by atoms with E-state index >= 15 is 0 Å². The molecule has 0 heterocycles. The normalized spacial score (nSPS) is 13.4. The third kappa shape index (κ3) is 8.31. The van der Waals surface area contributed by atoms with Crippen LogP contribution in [0.5, 0.6) is 0 Å². The number of hydrogen-bond donors (Lipinski definition) is 1. The van der Waals surface area contributed by atoms with Crippen molar-refractivity contribution in [2.45, 2.75) is 116 Å². The highest BCUT2D eigenvalue weighted by Crippen LogP contribution is 2.35. The molecule has 0 spiro atoms. The fraction of sp³-hybridized carbons (Fsp3) is 0.621.